The summed E-state index contributed by atoms with van der Waals surface area (Å²) in [5, 5.41) is 0. The van der Waals surface area contributed by atoms with Gasteiger partial charge >= 0.3 is 35.9 Å². The molecule has 20 heteroatoms. The van der Waals surface area contributed by atoms with Crippen LogP contribution in [0.25, 0.3) is 11.1 Å². The molecule has 1 aliphatic carbocycles. The zero-order valence-corrected chi connectivity index (χ0v) is 31.8. The first-order valence-electron chi connectivity index (χ1n) is 17.6. The van der Waals surface area contributed by atoms with Gasteiger partial charge in [-0.05, 0) is 22.3 Å². The van der Waals surface area contributed by atoms with Crippen LogP contribution in [0.15, 0.2) is 48.5 Å². The minimum Gasteiger partial charge on any atom is -0.463 e. The first kappa shape index (κ1) is 44.0. The molecule has 0 bridgehead atoms. The summed E-state index contributed by atoms with van der Waals surface area (Å²) in [5.74, 6) is -20.6. The number of hydrogen-bond acceptors (Lipinski definition) is 14. The summed E-state index contributed by atoms with van der Waals surface area (Å²) in [5.41, 5.74) is 3.36. The molecule has 0 aromatic heterocycles. The molecule has 5 rings (SSSR count). The third-order valence-corrected chi connectivity index (χ3v) is 9.10. The van der Waals surface area contributed by atoms with Gasteiger partial charge in [-0.1, -0.05) is 48.5 Å². The molecule has 3 aromatic carbocycles. The number of halogens is 5. The normalized spacial score (nSPS) is 20.0. The molecular weight excluding hydrogens is 801 g/mol. The molecule has 316 valence electrons. The van der Waals surface area contributed by atoms with Crippen molar-refractivity contribution in [2.45, 2.75) is 70.4 Å². The molecule has 1 saturated heterocycles. The minimum atomic E-state index is -2.54. The van der Waals surface area contributed by atoms with E-state index >= 15 is 0 Å². The van der Waals surface area contributed by atoms with E-state index in [-0.39, 0.29) is 6.61 Å². The Morgan fingerprint density at radius 1 is 0.644 bits per heavy atom. The van der Waals surface area contributed by atoms with Gasteiger partial charge in [-0.3, -0.25) is 24.1 Å². The largest absolute Gasteiger partial charge is 0.463 e. The standard InChI is InChI=1S/C39H36F5NO14/c1-17(46)52-16-27-33(55-18(2)47)35(56-19(3)48)36(57-20(4)49)38(58-27)53-15-26(37(50)59-34-31(43)29(41)28(40)30(42)32(34)44)45(5)39(51)54-14-25-23-12-8-6-10-21(23)22-11-7-9-13-24(22)25/h6-13,25-27,33,35-36,38H,14-16H2,1-5H3/t26-,27+,33-,35-,36+,38+/m0/s1. The predicted molar refractivity (Wildman–Crippen MR) is 186 cm³/mol. The number of fused-ring (bicyclic) bond motifs is 3. The van der Waals surface area contributed by atoms with Crippen molar-refractivity contribution in [1.29, 1.82) is 0 Å². The summed E-state index contributed by atoms with van der Waals surface area (Å²) < 4.78 is 114. The third kappa shape index (κ3) is 9.77. The maximum absolute atomic E-state index is 14.7. The number of carbonyl (C=O) groups excluding carboxylic acids is 6. The van der Waals surface area contributed by atoms with Crippen LogP contribution in [0, 0.1) is 29.1 Å². The Kier molecular flexibility index (Phi) is 13.9. The van der Waals surface area contributed by atoms with Gasteiger partial charge < -0.3 is 37.9 Å². The van der Waals surface area contributed by atoms with Crippen molar-refractivity contribution in [2.24, 2.45) is 0 Å². The van der Waals surface area contributed by atoms with Gasteiger partial charge in [0, 0.05) is 40.7 Å². The van der Waals surface area contributed by atoms with Crippen molar-refractivity contribution in [2.75, 3.05) is 26.9 Å². The number of likely N-dealkylation sites (N-methyl/N-ethyl adjacent to an activating group) is 1. The fraction of sp³-hybridized carbons (Fsp3) is 0.385. The number of amides is 1. The van der Waals surface area contributed by atoms with E-state index in [0.717, 1.165) is 57.0 Å². The minimum absolute atomic E-state index is 0.308. The van der Waals surface area contributed by atoms with Crippen LogP contribution in [0.1, 0.15) is 44.7 Å². The molecule has 3 aromatic rings. The smallest absolute Gasteiger partial charge is 0.410 e. The molecule has 0 spiro atoms. The lowest BCUT2D eigenvalue weighted by molar-refractivity contribution is -0.309. The van der Waals surface area contributed by atoms with E-state index in [2.05, 4.69) is 4.74 Å². The Morgan fingerprint density at radius 2 is 1.14 bits per heavy atom. The maximum atomic E-state index is 14.7. The second-order valence-electron chi connectivity index (χ2n) is 13.2. The number of esters is 5. The summed E-state index contributed by atoms with van der Waals surface area (Å²) in [6.07, 6.45) is -9.92. The summed E-state index contributed by atoms with van der Waals surface area (Å²) in [6, 6.07) is 12.4. The Hall–Kier alpha value is -6.15. The average Bonchev–Trinajstić information content (AvgIpc) is 3.51. The predicted octanol–water partition coefficient (Wildman–Crippen LogP) is 4.64. The molecule has 1 fully saturated rings. The molecule has 0 radical (unpaired) electrons. The number of hydrogen-bond donors (Lipinski definition) is 0. The number of carbonyl (C=O) groups is 6. The lowest BCUT2D eigenvalue weighted by Crippen LogP contribution is -2.63. The van der Waals surface area contributed by atoms with Crippen LogP contribution in [0.3, 0.4) is 0 Å². The van der Waals surface area contributed by atoms with E-state index in [1.54, 1.807) is 12.1 Å². The van der Waals surface area contributed by atoms with Gasteiger partial charge in [0.15, 0.2) is 30.6 Å². The van der Waals surface area contributed by atoms with E-state index in [1.807, 2.05) is 36.4 Å². The van der Waals surface area contributed by atoms with E-state index < -0.39 is 127 Å². The second-order valence-corrected chi connectivity index (χ2v) is 13.2. The molecular formula is C39H36F5NO14. The molecule has 1 aliphatic heterocycles. The monoisotopic (exact) mass is 837 g/mol. The Morgan fingerprint density at radius 3 is 1.66 bits per heavy atom. The lowest BCUT2D eigenvalue weighted by Gasteiger charge is -2.44. The molecule has 1 heterocycles. The number of rotatable bonds is 13. The van der Waals surface area contributed by atoms with Gasteiger partial charge in [0.1, 0.15) is 19.3 Å². The second kappa shape index (κ2) is 18.6. The van der Waals surface area contributed by atoms with Crippen molar-refractivity contribution in [1.82, 2.24) is 4.90 Å². The first-order valence-corrected chi connectivity index (χ1v) is 17.6. The Balaban J connectivity index is 1.47. The van der Waals surface area contributed by atoms with Crippen molar-refractivity contribution >= 4 is 35.9 Å². The van der Waals surface area contributed by atoms with E-state index in [9.17, 15) is 50.7 Å². The quantitative estimate of drug-likeness (QED) is 0.0581. The van der Waals surface area contributed by atoms with Crippen LogP contribution in [-0.2, 0) is 57.1 Å². The van der Waals surface area contributed by atoms with Gasteiger partial charge in [-0.15, -0.1) is 0 Å². The van der Waals surface area contributed by atoms with Crippen LogP contribution in [0.2, 0.25) is 0 Å². The van der Waals surface area contributed by atoms with Gasteiger partial charge in [-0.2, -0.15) is 8.78 Å². The zero-order valence-electron chi connectivity index (χ0n) is 31.8. The third-order valence-electron chi connectivity index (χ3n) is 9.10. The average molecular weight is 838 g/mol. The van der Waals surface area contributed by atoms with Gasteiger partial charge in [0.25, 0.3) is 0 Å². The SMILES string of the molecule is CC(=O)OC[C@H]1O[C@@H](OC[C@@H](C(=O)Oc2c(F)c(F)c(F)c(F)c2F)N(C)C(=O)OCC2c3ccccc3-c3ccccc32)[C@H](OC(C)=O)[C@@H](OC(C)=O)[C@H]1OC(C)=O. The Labute approximate surface area is 332 Å². The highest BCUT2D eigenvalue weighted by molar-refractivity contribution is 5.83. The maximum Gasteiger partial charge on any atom is 0.410 e. The fourth-order valence-electron chi connectivity index (χ4n) is 6.51. The number of benzene rings is 3. The van der Waals surface area contributed by atoms with Crippen LogP contribution in [0.5, 0.6) is 5.75 Å². The van der Waals surface area contributed by atoms with Crippen LogP contribution in [0.4, 0.5) is 26.7 Å². The molecule has 6 atom stereocenters. The van der Waals surface area contributed by atoms with Gasteiger partial charge in [0.2, 0.25) is 34.8 Å². The van der Waals surface area contributed by atoms with Crippen LogP contribution < -0.4 is 4.74 Å². The fourth-order valence-corrected chi connectivity index (χ4v) is 6.51. The topological polar surface area (TPSA) is 179 Å². The van der Waals surface area contributed by atoms with E-state index in [1.165, 1.54) is 0 Å². The highest BCUT2D eigenvalue weighted by atomic mass is 19.2. The van der Waals surface area contributed by atoms with E-state index in [4.69, 9.17) is 33.2 Å². The molecule has 15 nitrogen and oxygen atoms in total. The summed E-state index contributed by atoms with van der Waals surface area (Å²) >= 11 is 0. The lowest BCUT2D eigenvalue weighted by atomic mass is 9.98. The molecule has 0 saturated carbocycles. The van der Waals surface area contributed by atoms with Crippen LogP contribution >= 0.6 is 0 Å². The first-order chi connectivity index (χ1) is 27.9. The molecule has 59 heavy (non-hydrogen) atoms. The van der Waals surface area contributed by atoms with Crippen LogP contribution in [-0.4, -0.2) is 104 Å². The zero-order chi connectivity index (χ0) is 43.3. The number of ether oxygens (including phenoxy) is 8. The van der Waals surface area contributed by atoms with Gasteiger partial charge in [0.05, 0.1) is 6.61 Å². The molecule has 2 aliphatic rings. The Bertz CT molecular complexity index is 2060. The molecule has 1 amide bonds. The van der Waals surface area contributed by atoms with Crippen molar-refractivity contribution < 1.29 is 88.6 Å². The van der Waals surface area contributed by atoms with Crippen molar-refractivity contribution in [3.05, 3.63) is 88.7 Å². The molecule has 0 N–H and O–H groups in total. The van der Waals surface area contributed by atoms with Crippen molar-refractivity contribution in [3.8, 4) is 16.9 Å². The highest BCUT2D eigenvalue weighted by Crippen LogP contribution is 2.44. The number of nitrogens with zero attached hydrogens (tertiary/aromatic N) is 1. The summed E-state index contributed by atoms with van der Waals surface area (Å²) in [6.45, 7) is 1.78. The van der Waals surface area contributed by atoms with Gasteiger partial charge in [-0.25, -0.2) is 22.8 Å². The van der Waals surface area contributed by atoms with Crippen molar-refractivity contribution in [3.63, 3.8) is 0 Å². The van der Waals surface area contributed by atoms with E-state index in [0.29, 0.717) is 4.90 Å². The summed E-state index contributed by atoms with van der Waals surface area (Å²) in [4.78, 5) is 76.2. The summed E-state index contributed by atoms with van der Waals surface area (Å²) in [7, 11) is 0.958. The highest BCUT2D eigenvalue weighted by Gasteiger charge is 2.53. The molecule has 0 unspecified atom stereocenters.